The Kier molecular flexibility index (Phi) is 6.44. The van der Waals surface area contributed by atoms with Crippen molar-refractivity contribution in [2.45, 2.75) is 44.7 Å². The van der Waals surface area contributed by atoms with Gasteiger partial charge in [-0.25, -0.2) is 9.97 Å². The second kappa shape index (κ2) is 8.35. The van der Waals surface area contributed by atoms with Gasteiger partial charge in [-0.15, -0.1) is 5.92 Å². The molecule has 1 aliphatic carbocycles. The van der Waals surface area contributed by atoms with Gasteiger partial charge in [-0.1, -0.05) is 5.92 Å². The van der Waals surface area contributed by atoms with E-state index in [0.29, 0.717) is 18.4 Å². The molecule has 1 aromatic heterocycles. The fraction of sp³-hybridized carbons (Fsp3) is 0.600. The summed E-state index contributed by atoms with van der Waals surface area (Å²) in [5.74, 6) is 7.63. The summed E-state index contributed by atoms with van der Waals surface area (Å²) in [6.45, 7) is 0.885. The van der Waals surface area contributed by atoms with E-state index in [9.17, 15) is 0 Å². The van der Waals surface area contributed by atoms with Crippen LogP contribution in [0.3, 0.4) is 0 Å². The molecule has 5 heteroatoms. The fourth-order valence-electron chi connectivity index (χ4n) is 2.38. The molecule has 0 spiro atoms. The van der Waals surface area contributed by atoms with Crippen molar-refractivity contribution >= 4 is 15.9 Å². The van der Waals surface area contributed by atoms with Gasteiger partial charge >= 0.3 is 0 Å². The minimum atomic E-state index is 0.164. The van der Waals surface area contributed by atoms with Gasteiger partial charge in [-0.3, -0.25) is 0 Å². The molecule has 0 saturated heterocycles. The summed E-state index contributed by atoms with van der Waals surface area (Å²) in [7, 11) is 0. The maximum absolute atomic E-state index is 8.71. The van der Waals surface area contributed by atoms with Crippen molar-refractivity contribution in [1.29, 1.82) is 0 Å². The Labute approximate surface area is 128 Å². The quantitative estimate of drug-likeness (QED) is 0.827. The number of hydrogen-bond acceptors (Lipinski definition) is 4. The number of nitrogens with one attached hydrogen (secondary N) is 1. The third kappa shape index (κ3) is 5.20. The molecular weight excluding hydrogens is 318 g/mol. The topological polar surface area (TPSA) is 58.0 Å². The molecule has 2 N–H and O–H groups in total. The first-order valence-corrected chi connectivity index (χ1v) is 7.86. The van der Waals surface area contributed by atoms with Gasteiger partial charge in [0.1, 0.15) is 5.82 Å². The van der Waals surface area contributed by atoms with Crippen LogP contribution in [0.25, 0.3) is 0 Å². The molecule has 2 rings (SSSR count). The summed E-state index contributed by atoms with van der Waals surface area (Å²) in [4.78, 5) is 8.52. The van der Waals surface area contributed by atoms with Gasteiger partial charge in [0.25, 0.3) is 0 Å². The van der Waals surface area contributed by atoms with Crippen molar-refractivity contribution in [1.82, 2.24) is 15.3 Å². The number of aromatic nitrogens is 2. The monoisotopic (exact) mass is 337 g/mol. The zero-order valence-electron chi connectivity index (χ0n) is 11.5. The maximum Gasteiger partial charge on any atom is 0.142 e. The van der Waals surface area contributed by atoms with Crippen LogP contribution in [0.4, 0.5) is 0 Å². The molecule has 1 fully saturated rings. The second-order valence-electron chi connectivity index (χ2n) is 5.04. The molecule has 0 atom stereocenters. The van der Waals surface area contributed by atoms with E-state index >= 15 is 0 Å². The van der Waals surface area contributed by atoms with E-state index in [2.05, 4.69) is 43.1 Å². The average Bonchev–Trinajstić information content (AvgIpc) is 2.48. The Bertz CT molecular complexity index is 458. The van der Waals surface area contributed by atoms with Crippen molar-refractivity contribution in [2.75, 3.05) is 6.61 Å². The average molecular weight is 338 g/mol. The van der Waals surface area contributed by atoms with Gasteiger partial charge in [0.05, 0.1) is 17.6 Å². The zero-order valence-corrected chi connectivity index (χ0v) is 13.1. The molecule has 1 saturated carbocycles. The first-order valence-electron chi connectivity index (χ1n) is 7.07. The molecule has 0 aliphatic heterocycles. The van der Waals surface area contributed by atoms with Crippen molar-refractivity contribution in [3.05, 3.63) is 22.7 Å². The minimum absolute atomic E-state index is 0.164. The predicted molar refractivity (Wildman–Crippen MR) is 81.8 cm³/mol. The molecule has 1 heterocycles. The summed E-state index contributed by atoms with van der Waals surface area (Å²) >= 11 is 3.33. The Morgan fingerprint density at radius 2 is 1.95 bits per heavy atom. The molecule has 4 nitrogen and oxygen atoms in total. The lowest BCUT2D eigenvalue weighted by Gasteiger charge is -2.26. The molecule has 0 radical (unpaired) electrons. The van der Waals surface area contributed by atoms with Gasteiger partial charge < -0.3 is 10.4 Å². The highest BCUT2D eigenvalue weighted by molar-refractivity contribution is 9.10. The Morgan fingerprint density at radius 1 is 1.25 bits per heavy atom. The van der Waals surface area contributed by atoms with E-state index in [4.69, 9.17) is 5.11 Å². The number of aliphatic hydroxyl groups excluding tert-OH is 1. The second-order valence-corrected chi connectivity index (χ2v) is 5.96. The number of hydrogen-bond donors (Lipinski definition) is 2. The highest BCUT2D eigenvalue weighted by atomic mass is 79.9. The molecule has 0 bridgehead atoms. The number of halogens is 1. The van der Waals surface area contributed by atoms with Crippen LogP contribution in [-0.4, -0.2) is 27.7 Å². The predicted octanol–water partition coefficient (Wildman–Crippen LogP) is 2.27. The third-order valence-electron chi connectivity index (χ3n) is 3.49. The summed E-state index contributed by atoms with van der Waals surface area (Å²) in [6.07, 6.45) is 8.72. The molecule has 0 unspecified atom stereocenters. The van der Waals surface area contributed by atoms with E-state index < -0.39 is 0 Å². The van der Waals surface area contributed by atoms with Crippen molar-refractivity contribution in [2.24, 2.45) is 5.92 Å². The molecule has 1 aliphatic rings. The number of rotatable bonds is 4. The van der Waals surface area contributed by atoms with Gasteiger partial charge in [0.15, 0.2) is 0 Å². The Morgan fingerprint density at radius 3 is 2.60 bits per heavy atom. The van der Waals surface area contributed by atoms with Crippen LogP contribution in [-0.2, 0) is 6.54 Å². The standard InChI is InChI=1S/C15H20BrN3O/c16-13-9-18-15(19-10-13)11-17-14-6-4-12(5-7-14)3-1-2-8-20/h9-10,12,14,17,20H,2,4-8,11H2. The van der Waals surface area contributed by atoms with E-state index in [-0.39, 0.29) is 6.61 Å². The molecule has 20 heavy (non-hydrogen) atoms. The number of nitrogens with zero attached hydrogens (tertiary/aromatic N) is 2. The maximum atomic E-state index is 8.71. The van der Waals surface area contributed by atoms with Crippen LogP contribution in [0.2, 0.25) is 0 Å². The fourth-order valence-corrected chi connectivity index (χ4v) is 2.58. The van der Waals surface area contributed by atoms with E-state index in [1.165, 1.54) is 0 Å². The van der Waals surface area contributed by atoms with Crippen LogP contribution in [0, 0.1) is 17.8 Å². The van der Waals surface area contributed by atoms with Gasteiger partial charge in [-0.2, -0.15) is 0 Å². The lowest BCUT2D eigenvalue weighted by molar-refractivity contribution is 0.304. The van der Waals surface area contributed by atoms with Crippen molar-refractivity contribution in [3.63, 3.8) is 0 Å². The van der Waals surface area contributed by atoms with Crippen molar-refractivity contribution < 1.29 is 5.11 Å². The minimum Gasteiger partial charge on any atom is -0.395 e. The summed E-state index contributed by atoms with van der Waals surface area (Å²) < 4.78 is 0.906. The van der Waals surface area contributed by atoms with Gasteiger partial charge in [0.2, 0.25) is 0 Å². The summed E-state index contributed by atoms with van der Waals surface area (Å²) in [5, 5.41) is 12.2. The van der Waals surface area contributed by atoms with Gasteiger partial charge in [-0.05, 0) is 41.6 Å². The lowest BCUT2D eigenvalue weighted by atomic mass is 9.86. The largest absolute Gasteiger partial charge is 0.395 e. The molecule has 108 valence electrons. The Balaban J connectivity index is 1.69. The highest BCUT2D eigenvalue weighted by Crippen LogP contribution is 2.23. The normalized spacial score (nSPS) is 22.1. The van der Waals surface area contributed by atoms with E-state index in [1.807, 2.05) is 0 Å². The first-order chi connectivity index (χ1) is 9.78. The molecular formula is C15H20BrN3O. The number of aliphatic hydroxyl groups is 1. The van der Waals surface area contributed by atoms with Crippen LogP contribution < -0.4 is 5.32 Å². The van der Waals surface area contributed by atoms with Crippen molar-refractivity contribution in [3.8, 4) is 11.8 Å². The highest BCUT2D eigenvalue weighted by Gasteiger charge is 2.19. The smallest absolute Gasteiger partial charge is 0.142 e. The lowest BCUT2D eigenvalue weighted by Crippen LogP contribution is -2.33. The molecule has 1 aromatic rings. The zero-order chi connectivity index (χ0) is 14.2. The Hall–Kier alpha value is -0.960. The van der Waals surface area contributed by atoms with Gasteiger partial charge in [0, 0.05) is 30.8 Å². The third-order valence-corrected chi connectivity index (χ3v) is 3.90. The first kappa shape index (κ1) is 15.4. The molecule has 0 amide bonds. The molecule has 0 aromatic carbocycles. The van der Waals surface area contributed by atoms with E-state index in [0.717, 1.165) is 42.5 Å². The van der Waals surface area contributed by atoms with Crippen LogP contribution >= 0.6 is 15.9 Å². The SMILES string of the molecule is OCCC#CC1CCC(NCc2ncc(Br)cn2)CC1. The van der Waals surface area contributed by atoms with E-state index in [1.54, 1.807) is 12.4 Å². The van der Waals surface area contributed by atoms with Crippen LogP contribution in [0.15, 0.2) is 16.9 Å². The summed E-state index contributed by atoms with van der Waals surface area (Å²) in [5.41, 5.74) is 0. The van der Waals surface area contributed by atoms with Crippen LogP contribution in [0.5, 0.6) is 0 Å². The summed E-state index contributed by atoms with van der Waals surface area (Å²) in [6, 6.07) is 0.540. The van der Waals surface area contributed by atoms with Crippen LogP contribution in [0.1, 0.15) is 37.9 Å².